The standard InChI is InChI=1S/C15H17FN4O2/c1-10-4-5-12(16)8-11(10)9-17-14-7-6-13(20(21)22)15(18-14)19(2)3/h4-8H,9H2,1-3H3,(H,17,18). The SMILES string of the molecule is Cc1ccc(F)cc1CNc1ccc([N+](=O)[O-])c(N(C)C)n1. The van der Waals surface area contributed by atoms with E-state index in [-0.39, 0.29) is 17.3 Å². The first-order valence-corrected chi connectivity index (χ1v) is 6.70. The van der Waals surface area contributed by atoms with Crippen LogP contribution in [-0.2, 0) is 6.54 Å². The van der Waals surface area contributed by atoms with Crippen LogP contribution in [0.25, 0.3) is 0 Å². The number of pyridine rings is 1. The van der Waals surface area contributed by atoms with Crippen LogP contribution in [0.1, 0.15) is 11.1 Å². The topological polar surface area (TPSA) is 71.3 Å². The second-order valence-electron chi connectivity index (χ2n) is 5.12. The average Bonchev–Trinajstić information content (AvgIpc) is 2.47. The van der Waals surface area contributed by atoms with Crippen molar-refractivity contribution in [2.75, 3.05) is 24.3 Å². The normalized spacial score (nSPS) is 10.4. The summed E-state index contributed by atoms with van der Waals surface area (Å²) in [4.78, 5) is 16.3. The maximum Gasteiger partial charge on any atom is 0.311 e. The van der Waals surface area contributed by atoms with Crippen LogP contribution in [0.3, 0.4) is 0 Å². The molecule has 2 aromatic rings. The Morgan fingerprint density at radius 2 is 2.05 bits per heavy atom. The van der Waals surface area contributed by atoms with E-state index in [0.29, 0.717) is 12.4 Å². The van der Waals surface area contributed by atoms with Gasteiger partial charge in [0.25, 0.3) is 0 Å². The zero-order chi connectivity index (χ0) is 16.3. The molecule has 0 spiro atoms. The predicted octanol–water partition coefficient (Wildman–Crippen LogP) is 3.12. The average molecular weight is 304 g/mol. The van der Waals surface area contributed by atoms with Gasteiger partial charge in [-0.2, -0.15) is 0 Å². The zero-order valence-electron chi connectivity index (χ0n) is 12.6. The molecule has 2 rings (SSSR count). The van der Waals surface area contributed by atoms with Gasteiger partial charge in [0.2, 0.25) is 5.82 Å². The molecule has 6 nitrogen and oxygen atoms in total. The Morgan fingerprint density at radius 1 is 1.32 bits per heavy atom. The first-order valence-electron chi connectivity index (χ1n) is 6.70. The number of aryl methyl sites for hydroxylation is 1. The first-order chi connectivity index (χ1) is 10.4. The van der Waals surface area contributed by atoms with Crippen LogP contribution < -0.4 is 10.2 Å². The van der Waals surface area contributed by atoms with Crippen molar-refractivity contribution in [3.05, 3.63) is 57.4 Å². The molecule has 1 aromatic heterocycles. The quantitative estimate of drug-likeness (QED) is 0.679. The Balaban J connectivity index is 2.21. The smallest absolute Gasteiger partial charge is 0.311 e. The largest absolute Gasteiger partial charge is 0.366 e. The van der Waals surface area contributed by atoms with Gasteiger partial charge < -0.3 is 10.2 Å². The van der Waals surface area contributed by atoms with Gasteiger partial charge in [-0.05, 0) is 36.2 Å². The summed E-state index contributed by atoms with van der Waals surface area (Å²) in [6, 6.07) is 7.53. The molecule has 0 fully saturated rings. The first kappa shape index (κ1) is 15.7. The second kappa shape index (κ2) is 6.38. The highest BCUT2D eigenvalue weighted by molar-refractivity contribution is 5.61. The van der Waals surface area contributed by atoms with Gasteiger partial charge >= 0.3 is 5.69 Å². The summed E-state index contributed by atoms with van der Waals surface area (Å²) < 4.78 is 13.3. The predicted molar refractivity (Wildman–Crippen MR) is 83.7 cm³/mol. The lowest BCUT2D eigenvalue weighted by Gasteiger charge is -2.14. The van der Waals surface area contributed by atoms with Crippen LogP contribution in [0.5, 0.6) is 0 Å². The molecule has 1 heterocycles. The van der Waals surface area contributed by atoms with Crippen LogP contribution in [0.4, 0.5) is 21.7 Å². The number of nitrogens with zero attached hydrogens (tertiary/aromatic N) is 3. The summed E-state index contributed by atoms with van der Waals surface area (Å²) in [7, 11) is 3.38. The molecule has 0 unspecified atom stereocenters. The molecule has 116 valence electrons. The maximum atomic E-state index is 13.3. The number of nitro groups is 1. The molecule has 0 aliphatic rings. The van der Waals surface area contributed by atoms with Crippen molar-refractivity contribution in [3.63, 3.8) is 0 Å². The molecule has 22 heavy (non-hydrogen) atoms. The van der Waals surface area contributed by atoms with Crippen molar-refractivity contribution in [1.82, 2.24) is 4.98 Å². The fourth-order valence-electron chi connectivity index (χ4n) is 2.03. The van der Waals surface area contributed by atoms with E-state index in [1.54, 1.807) is 31.1 Å². The van der Waals surface area contributed by atoms with E-state index >= 15 is 0 Å². The van der Waals surface area contributed by atoms with Crippen LogP contribution in [0.2, 0.25) is 0 Å². The zero-order valence-corrected chi connectivity index (χ0v) is 12.6. The summed E-state index contributed by atoms with van der Waals surface area (Å²) in [5.41, 5.74) is 1.72. The molecule has 0 amide bonds. The fourth-order valence-corrected chi connectivity index (χ4v) is 2.03. The third-order valence-corrected chi connectivity index (χ3v) is 3.25. The lowest BCUT2D eigenvalue weighted by atomic mass is 10.1. The van der Waals surface area contributed by atoms with Crippen LogP contribution in [0, 0.1) is 22.9 Å². The molecule has 7 heteroatoms. The number of anilines is 2. The highest BCUT2D eigenvalue weighted by Gasteiger charge is 2.17. The molecule has 0 atom stereocenters. The summed E-state index contributed by atoms with van der Waals surface area (Å²) in [5.74, 6) is 0.469. The van der Waals surface area contributed by atoms with Gasteiger partial charge in [-0.15, -0.1) is 0 Å². The second-order valence-corrected chi connectivity index (χ2v) is 5.12. The minimum Gasteiger partial charge on any atom is -0.366 e. The van der Waals surface area contributed by atoms with E-state index in [2.05, 4.69) is 10.3 Å². The van der Waals surface area contributed by atoms with Gasteiger partial charge in [-0.3, -0.25) is 10.1 Å². The monoisotopic (exact) mass is 304 g/mol. The molecular weight excluding hydrogens is 287 g/mol. The number of benzene rings is 1. The Hall–Kier alpha value is -2.70. The van der Waals surface area contributed by atoms with Crippen LogP contribution in [0.15, 0.2) is 30.3 Å². The molecule has 0 saturated carbocycles. The minimum absolute atomic E-state index is 0.0579. The Morgan fingerprint density at radius 3 is 2.68 bits per heavy atom. The third kappa shape index (κ3) is 3.49. The van der Waals surface area contributed by atoms with Gasteiger partial charge in [-0.1, -0.05) is 6.07 Å². The van der Waals surface area contributed by atoms with Crippen molar-refractivity contribution in [2.45, 2.75) is 13.5 Å². The highest BCUT2D eigenvalue weighted by atomic mass is 19.1. The molecule has 0 saturated heterocycles. The van der Waals surface area contributed by atoms with E-state index in [1.807, 2.05) is 6.92 Å². The van der Waals surface area contributed by atoms with Crippen molar-refractivity contribution in [1.29, 1.82) is 0 Å². The summed E-state index contributed by atoms with van der Waals surface area (Å²) in [6.45, 7) is 2.28. The summed E-state index contributed by atoms with van der Waals surface area (Å²) in [5, 5.41) is 14.0. The third-order valence-electron chi connectivity index (χ3n) is 3.25. The molecule has 1 N–H and O–H groups in total. The molecule has 1 aromatic carbocycles. The fraction of sp³-hybridized carbons (Fsp3) is 0.267. The van der Waals surface area contributed by atoms with Crippen molar-refractivity contribution >= 4 is 17.3 Å². The molecular formula is C15H17FN4O2. The van der Waals surface area contributed by atoms with Crippen molar-refractivity contribution < 1.29 is 9.31 Å². The number of aromatic nitrogens is 1. The van der Waals surface area contributed by atoms with Crippen LogP contribution >= 0.6 is 0 Å². The molecule has 0 radical (unpaired) electrons. The number of halogens is 1. The number of hydrogen-bond donors (Lipinski definition) is 1. The van der Waals surface area contributed by atoms with Crippen LogP contribution in [-0.4, -0.2) is 24.0 Å². The van der Waals surface area contributed by atoms with Gasteiger partial charge in [0.05, 0.1) is 4.92 Å². The van der Waals surface area contributed by atoms with Gasteiger partial charge in [0, 0.05) is 26.7 Å². The molecule has 0 bridgehead atoms. The van der Waals surface area contributed by atoms with Gasteiger partial charge in [0.1, 0.15) is 11.6 Å². The van der Waals surface area contributed by atoms with E-state index in [1.165, 1.54) is 18.2 Å². The van der Waals surface area contributed by atoms with Gasteiger partial charge in [0.15, 0.2) is 0 Å². The summed E-state index contributed by atoms with van der Waals surface area (Å²) in [6.07, 6.45) is 0. The van der Waals surface area contributed by atoms with Crippen molar-refractivity contribution in [3.8, 4) is 0 Å². The Kier molecular flexibility index (Phi) is 4.55. The Bertz CT molecular complexity index is 704. The lowest BCUT2D eigenvalue weighted by molar-refractivity contribution is -0.384. The van der Waals surface area contributed by atoms with Gasteiger partial charge in [-0.25, -0.2) is 9.37 Å². The van der Waals surface area contributed by atoms with E-state index in [9.17, 15) is 14.5 Å². The minimum atomic E-state index is -0.469. The number of hydrogen-bond acceptors (Lipinski definition) is 5. The lowest BCUT2D eigenvalue weighted by Crippen LogP contribution is -2.14. The molecule has 0 aliphatic heterocycles. The molecule has 0 aliphatic carbocycles. The van der Waals surface area contributed by atoms with E-state index < -0.39 is 4.92 Å². The Labute approximate surface area is 127 Å². The summed E-state index contributed by atoms with van der Waals surface area (Å²) >= 11 is 0. The maximum absolute atomic E-state index is 13.3. The number of nitrogens with one attached hydrogen (secondary N) is 1. The van der Waals surface area contributed by atoms with E-state index in [4.69, 9.17) is 0 Å². The van der Waals surface area contributed by atoms with E-state index in [0.717, 1.165) is 11.1 Å². The number of rotatable bonds is 5. The highest BCUT2D eigenvalue weighted by Crippen LogP contribution is 2.26. The van der Waals surface area contributed by atoms with Crippen molar-refractivity contribution in [2.24, 2.45) is 0 Å².